The van der Waals surface area contributed by atoms with Crippen LogP contribution in [0.4, 0.5) is 17.6 Å². The third-order valence-corrected chi connectivity index (χ3v) is 6.49. The first-order valence-electron chi connectivity index (χ1n) is 9.14. The molecule has 0 aliphatic carbocycles. The van der Waals surface area contributed by atoms with Crippen LogP contribution < -0.4 is 4.74 Å². The minimum Gasteiger partial charge on any atom is -0.405 e. The highest BCUT2D eigenvalue weighted by Gasteiger charge is 2.32. The Hall–Kier alpha value is -2.92. The van der Waals surface area contributed by atoms with E-state index in [9.17, 15) is 30.8 Å². The summed E-state index contributed by atoms with van der Waals surface area (Å²) in [6.45, 7) is 0.0309. The van der Waals surface area contributed by atoms with Crippen molar-refractivity contribution in [3.8, 4) is 5.75 Å². The lowest BCUT2D eigenvalue weighted by Gasteiger charge is -2.33. The highest BCUT2D eigenvalue weighted by molar-refractivity contribution is 7.89. The van der Waals surface area contributed by atoms with E-state index in [1.54, 1.807) is 0 Å². The molecule has 0 bridgehead atoms. The van der Waals surface area contributed by atoms with Crippen LogP contribution in [0.1, 0.15) is 5.56 Å². The van der Waals surface area contributed by atoms with E-state index in [4.69, 9.17) is 0 Å². The van der Waals surface area contributed by atoms with Crippen molar-refractivity contribution in [1.82, 2.24) is 9.21 Å². The summed E-state index contributed by atoms with van der Waals surface area (Å²) in [6.07, 6.45) is -2.57. The molecule has 1 aliphatic rings. The van der Waals surface area contributed by atoms with Crippen molar-refractivity contribution < 1.29 is 35.5 Å². The summed E-state index contributed by atoms with van der Waals surface area (Å²) >= 11 is 0. The number of para-hydroxylation sites is 1. The Balaban J connectivity index is 1.65. The fourth-order valence-corrected chi connectivity index (χ4v) is 4.53. The van der Waals surface area contributed by atoms with E-state index in [0.717, 1.165) is 22.5 Å². The zero-order valence-corrected chi connectivity index (χ0v) is 16.9. The third kappa shape index (κ3) is 5.61. The molecule has 2 aromatic carbocycles. The number of halogens is 4. The van der Waals surface area contributed by atoms with Crippen LogP contribution in [0.15, 0.2) is 59.5 Å². The van der Waals surface area contributed by atoms with Gasteiger partial charge in [-0.2, -0.15) is 4.31 Å². The smallest absolute Gasteiger partial charge is 0.405 e. The molecule has 1 aliphatic heterocycles. The maximum Gasteiger partial charge on any atom is 0.573 e. The number of hydrogen-bond acceptors (Lipinski definition) is 4. The van der Waals surface area contributed by atoms with Crippen molar-refractivity contribution in [3.63, 3.8) is 0 Å². The summed E-state index contributed by atoms with van der Waals surface area (Å²) in [6, 6.07) is 10.4. The number of benzene rings is 2. The van der Waals surface area contributed by atoms with Crippen LogP contribution in [-0.2, 0) is 14.8 Å². The highest BCUT2D eigenvalue weighted by atomic mass is 32.2. The zero-order valence-electron chi connectivity index (χ0n) is 16.0. The number of amides is 1. The molecule has 3 rings (SSSR count). The first kappa shape index (κ1) is 22.8. The number of ether oxygens (including phenoxy) is 1. The van der Waals surface area contributed by atoms with Crippen molar-refractivity contribution >= 4 is 22.0 Å². The van der Waals surface area contributed by atoms with Gasteiger partial charge in [-0.3, -0.25) is 4.79 Å². The number of carbonyl (C=O) groups excluding carboxylic acids is 1. The van der Waals surface area contributed by atoms with Gasteiger partial charge in [-0.25, -0.2) is 12.8 Å². The molecule has 0 N–H and O–H groups in total. The first-order chi connectivity index (χ1) is 14.6. The molecule has 0 radical (unpaired) electrons. The molecular formula is C20H18F4N2O4S. The van der Waals surface area contributed by atoms with E-state index in [-0.39, 0.29) is 31.7 Å². The van der Waals surface area contributed by atoms with Crippen LogP contribution in [0.3, 0.4) is 0 Å². The van der Waals surface area contributed by atoms with Crippen LogP contribution >= 0.6 is 0 Å². The second kappa shape index (κ2) is 9.06. The fraction of sp³-hybridized carbons (Fsp3) is 0.250. The van der Waals surface area contributed by atoms with Crippen LogP contribution in [0.25, 0.3) is 6.08 Å². The summed E-state index contributed by atoms with van der Waals surface area (Å²) in [4.78, 5) is 13.3. The van der Waals surface area contributed by atoms with Gasteiger partial charge in [-0.1, -0.05) is 30.3 Å². The molecule has 1 amide bonds. The maximum absolute atomic E-state index is 13.9. The summed E-state index contributed by atoms with van der Waals surface area (Å²) in [7, 11) is -4.04. The molecule has 1 heterocycles. The van der Waals surface area contributed by atoms with Crippen LogP contribution in [0.5, 0.6) is 5.75 Å². The fourth-order valence-electron chi connectivity index (χ4n) is 3.04. The van der Waals surface area contributed by atoms with Gasteiger partial charge in [0.15, 0.2) is 0 Å². The van der Waals surface area contributed by atoms with E-state index in [0.29, 0.717) is 0 Å². The van der Waals surface area contributed by atoms with Crippen molar-refractivity contribution in [1.29, 1.82) is 0 Å². The van der Waals surface area contributed by atoms with Crippen LogP contribution in [-0.4, -0.2) is 56.1 Å². The Labute approximate surface area is 176 Å². The molecule has 0 saturated carbocycles. The standard InChI is InChI=1S/C20H18F4N2O4S/c21-16-6-2-4-8-18(16)31(28,29)26-13-11-25(12-14-26)19(27)10-9-15-5-1-3-7-17(15)30-20(22,23)24/h1-10H,11-14H2/b10-9+. The van der Waals surface area contributed by atoms with Crippen LogP contribution in [0.2, 0.25) is 0 Å². The molecule has 6 nitrogen and oxygen atoms in total. The van der Waals surface area contributed by atoms with E-state index in [1.807, 2.05) is 0 Å². The molecule has 11 heteroatoms. The van der Waals surface area contributed by atoms with Crippen molar-refractivity contribution in [2.24, 2.45) is 0 Å². The van der Waals surface area contributed by atoms with Crippen LogP contribution in [0, 0.1) is 5.82 Å². The molecule has 166 valence electrons. The average molecular weight is 458 g/mol. The quantitative estimate of drug-likeness (QED) is 0.510. The van der Waals surface area contributed by atoms with Gasteiger partial charge in [-0.15, -0.1) is 13.2 Å². The van der Waals surface area contributed by atoms with Gasteiger partial charge in [-0.05, 0) is 24.3 Å². The number of alkyl halides is 3. The Kier molecular flexibility index (Phi) is 6.65. The van der Waals surface area contributed by atoms with Gasteiger partial charge in [0.1, 0.15) is 16.5 Å². The maximum atomic E-state index is 13.9. The Bertz CT molecular complexity index is 1080. The predicted molar refractivity (Wildman–Crippen MR) is 104 cm³/mol. The van der Waals surface area contributed by atoms with Gasteiger partial charge < -0.3 is 9.64 Å². The minimum atomic E-state index is -4.87. The Morgan fingerprint density at radius 2 is 1.58 bits per heavy atom. The van der Waals surface area contributed by atoms with E-state index < -0.39 is 38.8 Å². The monoisotopic (exact) mass is 458 g/mol. The van der Waals surface area contributed by atoms with Gasteiger partial charge in [0.2, 0.25) is 15.9 Å². The van der Waals surface area contributed by atoms with Gasteiger partial charge in [0, 0.05) is 37.8 Å². The van der Waals surface area contributed by atoms with Gasteiger partial charge >= 0.3 is 6.36 Å². The number of rotatable bonds is 5. The largest absolute Gasteiger partial charge is 0.573 e. The summed E-state index contributed by atoms with van der Waals surface area (Å²) < 4.78 is 81.6. The predicted octanol–water partition coefficient (Wildman–Crippen LogP) is 3.27. The van der Waals surface area contributed by atoms with E-state index in [2.05, 4.69) is 4.74 Å². The second-order valence-corrected chi connectivity index (χ2v) is 8.49. The average Bonchev–Trinajstić information content (AvgIpc) is 2.72. The highest BCUT2D eigenvalue weighted by Crippen LogP contribution is 2.27. The lowest BCUT2D eigenvalue weighted by atomic mass is 10.2. The molecule has 1 saturated heterocycles. The van der Waals surface area contributed by atoms with E-state index >= 15 is 0 Å². The molecule has 31 heavy (non-hydrogen) atoms. The Morgan fingerprint density at radius 1 is 0.968 bits per heavy atom. The molecule has 2 aromatic rings. The summed E-state index contributed by atoms with van der Waals surface area (Å²) in [5.41, 5.74) is 0.0638. The van der Waals surface area contributed by atoms with Gasteiger partial charge in [0.05, 0.1) is 0 Å². The third-order valence-electron chi connectivity index (χ3n) is 4.55. The Morgan fingerprint density at radius 3 is 2.23 bits per heavy atom. The zero-order chi connectivity index (χ0) is 22.6. The number of hydrogen-bond donors (Lipinski definition) is 0. The lowest BCUT2D eigenvalue weighted by molar-refractivity contribution is -0.274. The number of nitrogens with zero attached hydrogens (tertiary/aromatic N) is 2. The second-order valence-electron chi connectivity index (χ2n) is 6.58. The molecule has 1 fully saturated rings. The number of sulfonamides is 1. The molecule has 0 aromatic heterocycles. The van der Waals surface area contributed by atoms with Crippen molar-refractivity contribution in [3.05, 3.63) is 66.0 Å². The van der Waals surface area contributed by atoms with E-state index in [1.165, 1.54) is 47.4 Å². The molecule has 0 unspecified atom stereocenters. The lowest BCUT2D eigenvalue weighted by Crippen LogP contribution is -2.50. The summed E-state index contributed by atoms with van der Waals surface area (Å²) in [5, 5.41) is 0. The molecule has 0 spiro atoms. The summed E-state index contributed by atoms with van der Waals surface area (Å²) in [5.74, 6) is -1.80. The molecule has 0 atom stereocenters. The topological polar surface area (TPSA) is 66.9 Å². The SMILES string of the molecule is O=C(/C=C/c1ccccc1OC(F)(F)F)N1CCN(S(=O)(=O)c2ccccc2F)CC1. The number of piperazine rings is 1. The number of carbonyl (C=O) groups is 1. The van der Waals surface area contributed by atoms with Crippen molar-refractivity contribution in [2.75, 3.05) is 26.2 Å². The van der Waals surface area contributed by atoms with Crippen molar-refractivity contribution in [2.45, 2.75) is 11.3 Å². The minimum absolute atomic E-state index is 0.0377. The molecular weight excluding hydrogens is 440 g/mol. The normalized spacial score (nSPS) is 15.9. The van der Waals surface area contributed by atoms with Gasteiger partial charge in [0.25, 0.3) is 0 Å². The first-order valence-corrected chi connectivity index (χ1v) is 10.6.